The van der Waals surface area contributed by atoms with E-state index in [9.17, 15) is 10.1 Å². The van der Waals surface area contributed by atoms with Gasteiger partial charge in [-0.15, -0.1) is 0 Å². The number of aromatic nitrogens is 1. The van der Waals surface area contributed by atoms with Crippen molar-refractivity contribution in [2.75, 3.05) is 13.1 Å². The van der Waals surface area contributed by atoms with Gasteiger partial charge in [-0.05, 0) is 31.9 Å². The number of nitrogens with zero attached hydrogens (tertiary/aromatic N) is 5. The fraction of sp³-hybridized carbons (Fsp3) is 0.625. The Morgan fingerprint density at radius 3 is 2.76 bits per heavy atom. The van der Waals surface area contributed by atoms with E-state index in [0.29, 0.717) is 30.7 Å². The second kappa shape index (κ2) is 8.96. The van der Waals surface area contributed by atoms with Crippen molar-refractivity contribution in [3.8, 4) is 0 Å². The fourth-order valence-electron chi connectivity index (χ4n) is 2.81. The summed E-state index contributed by atoms with van der Waals surface area (Å²) in [4.78, 5) is 18.9. The van der Waals surface area contributed by atoms with Gasteiger partial charge in [0, 0.05) is 25.8 Å². The number of hydrogen-bond acceptors (Lipinski definition) is 4. The average Bonchev–Trinajstić information content (AvgIpc) is 2.91. The molecule has 0 saturated carbocycles. The molecule has 1 atom stereocenters. The van der Waals surface area contributed by atoms with Crippen LogP contribution in [0.1, 0.15) is 39.2 Å². The minimum Gasteiger partial charge on any atom is -0.356 e. The molecule has 1 saturated heterocycles. The van der Waals surface area contributed by atoms with Gasteiger partial charge in [-0.25, -0.2) is 15.1 Å². The molecule has 1 aromatic heterocycles. The van der Waals surface area contributed by atoms with Crippen LogP contribution in [0.15, 0.2) is 23.4 Å². The maximum atomic E-state index is 11.0. The van der Waals surface area contributed by atoms with Crippen molar-refractivity contribution < 1.29 is 9.77 Å². The number of rotatable bonds is 8. The second-order valence-corrected chi connectivity index (χ2v) is 6.56. The Kier molecular flexibility index (Phi) is 6.95. The largest absolute Gasteiger partial charge is 0.356 e. The van der Waals surface area contributed by atoms with Gasteiger partial charge in [0.05, 0.1) is 6.10 Å². The molecule has 0 aliphatic carbocycles. The van der Waals surface area contributed by atoms with E-state index in [0.717, 1.165) is 18.4 Å². The summed E-state index contributed by atoms with van der Waals surface area (Å²) in [5, 5.41) is 14.4. The predicted octanol–water partition coefficient (Wildman–Crippen LogP) is 2.95. The number of hydrogen-bond donors (Lipinski definition) is 0. The summed E-state index contributed by atoms with van der Waals surface area (Å²) in [6.07, 6.45) is 3.18. The molecule has 1 aromatic rings. The predicted molar refractivity (Wildman–Crippen MR) is 95.7 cm³/mol. The normalized spacial score (nSPS) is 17.6. The molecule has 2 heterocycles. The molecular formula is C16H24ClN5O3. The fourth-order valence-corrected chi connectivity index (χ4v) is 2.92. The van der Waals surface area contributed by atoms with Crippen LogP contribution in [0.4, 0.5) is 0 Å². The highest BCUT2D eigenvalue weighted by Crippen LogP contribution is 2.21. The first-order chi connectivity index (χ1) is 11.9. The molecule has 1 fully saturated rings. The third-order valence-corrected chi connectivity index (χ3v) is 4.02. The molecule has 138 valence electrons. The lowest BCUT2D eigenvalue weighted by Crippen LogP contribution is -2.43. The van der Waals surface area contributed by atoms with E-state index in [4.69, 9.17) is 16.3 Å². The lowest BCUT2D eigenvalue weighted by molar-refractivity contribution is -0.486. The second-order valence-electron chi connectivity index (χ2n) is 6.17. The summed E-state index contributed by atoms with van der Waals surface area (Å²) in [6, 6.07) is 3.56. The molecule has 9 heteroatoms. The molecular weight excluding hydrogens is 346 g/mol. The molecule has 1 aliphatic rings. The van der Waals surface area contributed by atoms with Crippen molar-refractivity contribution in [3.05, 3.63) is 39.2 Å². The van der Waals surface area contributed by atoms with E-state index in [1.54, 1.807) is 12.3 Å². The van der Waals surface area contributed by atoms with E-state index in [1.165, 1.54) is 0 Å². The smallest absolute Gasteiger partial charge is 0.276 e. The monoisotopic (exact) mass is 369 g/mol. The highest BCUT2D eigenvalue weighted by Gasteiger charge is 2.35. The molecule has 0 N–H and O–H groups in total. The van der Waals surface area contributed by atoms with Crippen LogP contribution in [-0.2, 0) is 11.3 Å². The van der Waals surface area contributed by atoms with Crippen molar-refractivity contribution in [2.24, 2.45) is 5.10 Å². The van der Waals surface area contributed by atoms with Crippen molar-refractivity contribution >= 4 is 17.6 Å². The van der Waals surface area contributed by atoms with Crippen LogP contribution in [0.25, 0.3) is 0 Å². The summed E-state index contributed by atoms with van der Waals surface area (Å²) < 4.78 is 5.97. The van der Waals surface area contributed by atoms with E-state index >= 15 is 0 Å². The topological polar surface area (TPSA) is 84.1 Å². The van der Waals surface area contributed by atoms with Gasteiger partial charge in [-0.1, -0.05) is 31.0 Å². The molecule has 0 amide bonds. The number of guanidine groups is 1. The van der Waals surface area contributed by atoms with Gasteiger partial charge in [0.1, 0.15) is 16.5 Å². The summed E-state index contributed by atoms with van der Waals surface area (Å²) >= 11 is 5.81. The molecule has 25 heavy (non-hydrogen) atoms. The van der Waals surface area contributed by atoms with Gasteiger partial charge >= 0.3 is 0 Å². The Balaban J connectivity index is 2.21. The Morgan fingerprint density at radius 2 is 2.20 bits per heavy atom. The van der Waals surface area contributed by atoms with E-state index in [1.807, 2.05) is 29.7 Å². The van der Waals surface area contributed by atoms with Crippen molar-refractivity contribution in [3.63, 3.8) is 0 Å². The number of nitro groups is 1. The highest BCUT2D eigenvalue weighted by atomic mass is 35.5. The van der Waals surface area contributed by atoms with Crippen LogP contribution >= 0.6 is 11.6 Å². The quantitative estimate of drug-likeness (QED) is 0.398. The number of halogens is 1. The first-order valence-corrected chi connectivity index (χ1v) is 8.79. The Morgan fingerprint density at radius 1 is 1.44 bits per heavy atom. The highest BCUT2D eigenvalue weighted by molar-refractivity contribution is 6.29. The van der Waals surface area contributed by atoms with Crippen LogP contribution in [0.5, 0.6) is 0 Å². The Bertz CT molecular complexity index is 608. The molecule has 0 bridgehead atoms. The molecule has 1 unspecified atom stereocenters. The number of ether oxygens (including phenoxy) is 1. The Hall–Kier alpha value is -1.93. The minimum absolute atomic E-state index is 0.0305. The maximum Gasteiger partial charge on any atom is 0.276 e. The average molecular weight is 370 g/mol. The van der Waals surface area contributed by atoms with Crippen LogP contribution in [0, 0.1) is 10.1 Å². The van der Waals surface area contributed by atoms with Gasteiger partial charge in [0.25, 0.3) is 5.96 Å². The molecule has 1 aliphatic heterocycles. The molecule has 0 spiro atoms. The first kappa shape index (κ1) is 19.4. The van der Waals surface area contributed by atoms with Crippen LogP contribution in [0.2, 0.25) is 5.15 Å². The van der Waals surface area contributed by atoms with Crippen molar-refractivity contribution in [1.82, 2.24) is 14.8 Å². The standard InChI is InChI=1S/C16H24ClN5O3/c1-4-5-15(25-12(2)3)21-9-8-20(16(21)19-22(23)24)11-13-6-7-14(17)18-10-13/h6-7,10,12,15H,4-5,8-9,11H2,1-3H3. The Labute approximate surface area is 152 Å². The van der Waals surface area contributed by atoms with Crippen LogP contribution in [0.3, 0.4) is 0 Å². The van der Waals surface area contributed by atoms with Crippen LogP contribution < -0.4 is 0 Å². The zero-order valence-corrected chi connectivity index (χ0v) is 15.5. The van der Waals surface area contributed by atoms with Gasteiger partial charge < -0.3 is 14.5 Å². The molecule has 8 nitrogen and oxygen atoms in total. The van der Waals surface area contributed by atoms with E-state index in [-0.39, 0.29) is 12.3 Å². The third kappa shape index (κ3) is 5.54. The number of pyridine rings is 1. The van der Waals surface area contributed by atoms with Gasteiger partial charge in [-0.2, -0.15) is 0 Å². The zero-order chi connectivity index (χ0) is 18.4. The lowest BCUT2D eigenvalue weighted by atomic mass is 10.2. The lowest BCUT2D eigenvalue weighted by Gasteiger charge is -2.30. The SMILES string of the molecule is CCCC(OC(C)C)N1CCN(Cc2ccc(Cl)nc2)C1=N[N+](=O)[O-]. The summed E-state index contributed by atoms with van der Waals surface area (Å²) in [5.74, 6) is 0.332. The summed E-state index contributed by atoms with van der Waals surface area (Å²) in [6.45, 7) is 7.73. The van der Waals surface area contributed by atoms with Crippen molar-refractivity contribution in [2.45, 2.75) is 52.5 Å². The number of hydrazone groups is 1. The van der Waals surface area contributed by atoms with Gasteiger partial charge in [0.2, 0.25) is 0 Å². The van der Waals surface area contributed by atoms with Gasteiger partial charge in [0.15, 0.2) is 5.03 Å². The summed E-state index contributed by atoms with van der Waals surface area (Å²) in [7, 11) is 0. The molecule has 2 rings (SSSR count). The molecule has 0 radical (unpaired) electrons. The molecule has 0 aromatic carbocycles. The van der Waals surface area contributed by atoms with E-state index in [2.05, 4.69) is 17.0 Å². The van der Waals surface area contributed by atoms with Gasteiger partial charge in [-0.3, -0.25) is 0 Å². The third-order valence-electron chi connectivity index (χ3n) is 3.80. The minimum atomic E-state index is -0.654. The van der Waals surface area contributed by atoms with Crippen molar-refractivity contribution in [1.29, 1.82) is 0 Å². The van der Waals surface area contributed by atoms with E-state index < -0.39 is 5.03 Å². The van der Waals surface area contributed by atoms with Crippen LogP contribution in [-0.4, -0.2) is 51.2 Å². The maximum absolute atomic E-state index is 11.0. The first-order valence-electron chi connectivity index (χ1n) is 8.41. The zero-order valence-electron chi connectivity index (χ0n) is 14.8. The summed E-state index contributed by atoms with van der Waals surface area (Å²) in [5.41, 5.74) is 0.916.